The molecule has 0 aliphatic carbocycles. The number of nitrogens with zero attached hydrogens (tertiary/aromatic N) is 3. The summed E-state index contributed by atoms with van der Waals surface area (Å²) >= 11 is 0. The van der Waals surface area contributed by atoms with E-state index in [1.807, 2.05) is 17.0 Å². The molecule has 2 atom stereocenters. The Morgan fingerprint density at radius 1 is 1.03 bits per heavy atom. The number of likely N-dealkylation sites (N-methyl/N-ethyl adjacent to an activating group) is 1. The summed E-state index contributed by atoms with van der Waals surface area (Å²) in [5.41, 5.74) is 9.85. The van der Waals surface area contributed by atoms with Crippen molar-refractivity contribution in [2.45, 2.75) is 39.3 Å². The first kappa shape index (κ1) is 25.2. The maximum absolute atomic E-state index is 13.0. The second-order valence-corrected chi connectivity index (χ2v) is 8.90. The summed E-state index contributed by atoms with van der Waals surface area (Å²) in [5, 5.41) is 0. The van der Waals surface area contributed by atoms with E-state index in [1.54, 1.807) is 7.11 Å². The highest BCUT2D eigenvalue weighted by Crippen LogP contribution is 2.31. The van der Waals surface area contributed by atoms with Gasteiger partial charge in [-0.1, -0.05) is 61.9 Å². The molecule has 1 aliphatic heterocycles. The second kappa shape index (κ2) is 12.2. The number of rotatable bonds is 10. The number of carbonyl (C=O) groups is 1. The molecular weight excluding hydrogens is 412 g/mol. The van der Waals surface area contributed by atoms with Crippen LogP contribution in [0.2, 0.25) is 0 Å². The lowest BCUT2D eigenvalue weighted by atomic mass is 10.0. The van der Waals surface area contributed by atoms with Gasteiger partial charge >= 0.3 is 0 Å². The first-order valence-electron chi connectivity index (χ1n) is 12.2. The monoisotopic (exact) mass is 452 g/mol. The first-order valence-corrected chi connectivity index (χ1v) is 12.2. The van der Waals surface area contributed by atoms with E-state index in [0.29, 0.717) is 19.5 Å². The minimum Gasteiger partial charge on any atom is -0.496 e. The van der Waals surface area contributed by atoms with Crippen LogP contribution in [0, 0.1) is 6.92 Å². The normalized spacial score (nSPS) is 16.6. The highest BCUT2D eigenvalue weighted by molar-refractivity contribution is 5.82. The Morgan fingerprint density at radius 2 is 1.67 bits per heavy atom. The van der Waals surface area contributed by atoms with Crippen molar-refractivity contribution in [1.29, 1.82) is 0 Å². The molecule has 1 fully saturated rings. The van der Waals surface area contributed by atoms with Gasteiger partial charge in [-0.25, -0.2) is 0 Å². The van der Waals surface area contributed by atoms with Crippen LogP contribution in [0.4, 0.5) is 0 Å². The molecule has 180 valence electrons. The number of amides is 1. The third-order valence-corrected chi connectivity index (χ3v) is 6.78. The van der Waals surface area contributed by atoms with Gasteiger partial charge in [0.2, 0.25) is 5.91 Å². The molecular formula is C27H40N4O2. The van der Waals surface area contributed by atoms with E-state index in [-0.39, 0.29) is 11.9 Å². The Kier molecular flexibility index (Phi) is 9.30. The fourth-order valence-electron chi connectivity index (χ4n) is 4.63. The number of ether oxygens (including phenoxy) is 1. The quantitative estimate of drug-likeness (QED) is 0.600. The van der Waals surface area contributed by atoms with Gasteiger partial charge in [0, 0.05) is 38.3 Å². The van der Waals surface area contributed by atoms with Crippen molar-refractivity contribution < 1.29 is 9.53 Å². The van der Waals surface area contributed by atoms with Crippen LogP contribution in [0.5, 0.6) is 5.75 Å². The molecule has 6 nitrogen and oxygen atoms in total. The van der Waals surface area contributed by atoms with Gasteiger partial charge in [-0.05, 0) is 38.1 Å². The summed E-state index contributed by atoms with van der Waals surface area (Å²) in [7, 11) is 1.74. The fraction of sp³-hybridized carbons (Fsp3) is 0.519. The number of methoxy groups -OCH3 is 1. The zero-order valence-corrected chi connectivity index (χ0v) is 20.7. The van der Waals surface area contributed by atoms with Gasteiger partial charge in [-0.3, -0.25) is 9.69 Å². The average molecular weight is 453 g/mol. The molecule has 3 rings (SSSR count). The lowest BCUT2D eigenvalue weighted by Gasteiger charge is -2.41. The molecule has 1 heterocycles. The molecule has 0 radical (unpaired) electrons. The number of carbonyl (C=O) groups excluding carboxylic acids is 1. The van der Waals surface area contributed by atoms with Gasteiger partial charge < -0.3 is 20.3 Å². The van der Waals surface area contributed by atoms with Crippen LogP contribution in [0.3, 0.4) is 0 Å². The molecule has 2 N–H and O–H groups in total. The predicted octanol–water partition coefficient (Wildman–Crippen LogP) is 3.10. The number of hydrogen-bond donors (Lipinski definition) is 1. The van der Waals surface area contributed by atoms with Crippen LogP contribution in [0.1, 0.15) is 36.6 Å². The van der Waals surface area contributed by atoms with Crippen molar-refractivity contribution >= 4 is 5.91 Å². The maximum atomic E-state index is 13.0. The van der Waals surface area contributed by atoms with Crippen molar-refractivity contribution in [2.24, 2.45) is 5.73 Å². The van der Waals surface area contributed by atoms with Crippen LogP contribution in [0.15, 0.2) is 48.5 Å². The summed E-state index contributed by atoms with van der Waals surface area (Å²) < 4.78 is 5.69. The van der Waals surface area contributed by atoms with Crippen molar-refractivity contribution in [2.75, 3.05) is 52.9 Å². The SMILES string of the molecule is CCN(CC)CC(c1ccccc1OC)N1CCN(C(=O)C(N)Cc2ccc(C)cc2)CC1. The van der Waals surface area contributed by atoms with Crippen LogP contribution in [-0.4, -0.2) is 79.6 Å². The molecule has 2 aromatic rings. The second-order valence-electron chi connectivity index (χ2n) is 8.90. The Hall–Kier alpha value is -2.41. The summed E-state index contributed by atoms with van der Waals surface area (Å²) in [5.74, 6) is 0.973. The lowest BCUT2D eigenvalue weighted by molar-refractivity contribution is -0.134. The van der Waals surface area contributed by atoms with Gasteiger partial charge in [0.15, 0.2) is 0 Å². The number of aryl methyl sites for hydroxylation is 1. The minimum absolute atomic E-state index is 0.0489. The smallest absolute Gasteiger partial charge is 0.239 e. The summed E-state index contributed by atoms with van der Waals surface area (Å²) in [6, 6.07) is 16.3. The molecule has 0 aromatic heterocycles. The van der Waals surface area contributed by atoms with E-state index in [0.717, 1.165) is 44.0 Å². The van der Waals surface area contributed by atoms with Crippen LogP contribution < -0.4 is 10.5 Å². The van der Waals surface area contributed by atoms with E-state index >= 15 is 0 Å². The molecule has 6 heteroatoms. The third-order valence-electron chi connectivity index (χ3n) is 6.78. The zero-order chi connectivity index (χ0) is 23.8. The summed E-state index contributed by atoms with van der Waals surface area (Å²) in [4.78, 5) is 19.9. The number of piperazine rings is 1. The lowest BCUT2D eigenvalue weighted by Crippen LogP contribution is -2.55. The average Bonchev–Trinajstić information content (AvgIpc) is 2.86. The minimum atomic E-state index is -0.500. The standard InChI is InChI=1S/C27H40N4O2/c1-5-29(6-2)20-25(23-9-7-8-10-26(23)33-4)30-15-17-31(18-16-30)27(32)24(28)19-22-13-11-21(3)12-14-22/h7-14,24-25H,5-6,15-20,28H2,1-4H3. The molecule has 1 amide bonds. The first-order chi connectivity index (χ1) is 16.0. The summed E-state index contributed by atoms with van der Waals surface area (Å²) in [6.45, 7) is 12.5. The molecule has 0 saturated carbocycles. The molecule has 0 spiro atoms. The Morgan fingerprint density at radius 3 is 2.27 bits per heavy atom. The molecule has 33 heavy (non-hydrogen) atoms. The third kappa shape index (κ3) is 6.56. The highest BCUT2D eigenvalue weighted by atomic mass is 16.5. The number of benzene rings is 2. The van der Waals surface area contributed by atoms with Crippen LogP contribution in [-0.2, 0) is 11.2 Å². The van der Waals surface area contributed by atoms with E-state index < -0.39 is 6.04 Å². The highest BCUT2D eigenvalue weighted by Gasteiger charge is 2.31. The van der Waals surface area contributed by atoms with Gasteiger partial charge in [0.25, 0.3) is 0 Å². The predicted molar refractivity (Wildman–Crippen MR) is 135 cm³/mol. The molecule has 1 aliphatic rings. The number of para-hydroxylation sites is 1. The summed E-state index contributed by atoms with van der Waals surface area (Å²) in [6.07, 6.45) is 0.575. The van der Waals surface area contributed by atoms with Crippen molar-refractivity contribution in [1.82, 2.24) is 14.7 Å². The molecule has 0 bridgehead atoms. The topological polar surface area (TPSA) is 62.0 Å². The van der Waals surface area contributed by atoms with Gasteiger partial charge in [-0.2, -0.15) is 0 Å². The van der Waals surface area contributed by atoms with Crippen LogP contribution >= 0.6 is 0 Å². The van der Waals surface area contributed by atoms with Crippen molar-refractivity contribution in [3.8, 4) is 5.75 Å². The van der Waals surface area contributed by atoms with E-state index in [4.69, 9.17) is 10.5 Å². The zero-order valence-electron chi connectivity index (χ0n) is 20.7. The maximum Gasteiger partial charge on any atom is 0.239 e. The van der Waals surface area contributed by atoms with Crippen molar-refractivity contribution in [3.63, 3.8) is 0 Å². The van der Waals surface area contributed by atoms with Gasteiger partial charge in [-0.15, -0.1) is 0 Å². The van der Waals surface area contributed by atoms with Crippen LogP contribution in [0.25, 0.3) is 0 Å². The number of hydrogen-bond acceptors (Lipinski definition) is 5. The molecule has 1 saturated heterocycles. The van der Waals surface area contributed by atoms with Crippen molar-refractivity contribution in [3.05, 3.63) is 65.2 Å². The van der Waals surface area contributed by atoms with Gasteiger partial charge in [0.05, 0.1) is 19.2 Å². The van der Waals surface area contributed by atoms with E-state index in [2.05, 4.69) is 67.0 Å². The Bertz CT molecular complexity index is 874. The fourth-order valence-corrected chi connectivity index (χ4v) is 4.63. The van der Waals surface area contributed by atoms with Gasteiger partial charge in [0.1, 0.15) is 5.75 Å². The van der Waals surface area contributed by atoms with E-state index in [1.165, 1.54) is 11.1 Å². The number of nitrogens with two attached hydrogens (primary N) is 1. The Labute approximate surface area is 199 Å². The Balaban J connectivity index is 1.66. The van der Waals surface area contributed by atoms with E-state index in [9.17, 15) is 4.79 Å². The molecule has 2 aromatic carbocycles. The molecule has 2 unspecified atom stereocenters. The largest absolute Gasteiger partial charge is 0.496 e.